The van der Waals surface area contributed by atoms with Crippen LogP contribution in [0.25, 0.3) is 10.9 Å². The molecule has 0 aliphatic rings. The first-order valence-electron chi connectivity index (χ1n) is 6.10. The van der Waals surface area contributed by atoms with Gasteiger partial charge in [0, 0.05) is 36.2 Å². The number of fused-ring (bicyclic) bond motifs is 1. The molecule has 0 aliphatic carbocycles. The monoisotopic (exact) mass is 288 g/mol. The molecule has 0 aliphatic heterocycles. The second-order valence-electron chi connectivity index (χ2n) is 4.62. The molecule has 102 valence electrons. The van der Waals surface area contributed by atoms with Crippen molar-refractivity contribution in [1.29, 1.82) is 0 Å². The van der Waals surface area contributed by atoms with Gasteiger partial charge in [-0.15, -0.1) is 0 Å². The molecular formula is C14H13ClN4O. The Bertz CT molecular complexity index is 803. The van der Waals surface area contributed by atoms with Crippen LogP contribution in [-0.4, -0.2) is 20.3 Å². The second kappa shape index (κ2) is 4.68. The Hall–Kier alpha value is -2.27. The number of halogens is 1. The summed E-state index contributed by atoms with van der Waals surface area (Å²) in [6.07, 6.45) is 3.35. The van der Waals surface area contributed by atoms with E-state index in [-0.39, 0.29) is 5.91 Å². The highest BCUT2D eigenvalue weighted by Crippen LogP contribution is 2.26. The maximum absolute atomic E-state index is 12.3. The van der Waals surface area contributed by atoms with Crippen molar-refractivity contribution in [3.8, 4) is 0 Å². The van der Waals surface area contributed by atoms with Crippen LogP contribution in [-0.2, 0) is 14.1 Å². The molecule has 2 heterocycles. The Kier molecular flexibility index (Phi) is 2.99. The van der Waals surface area contributed by atoms with Crippen molar-refractivity contribution in [2.75, 3.05) is 5.32 Å². The Morgan fingerprint density at radius 1 is 1.35 bits per heavy atom. The van der Waals surface area contributed by atoms with Crippen LogP contribution < -0.4 is 5.32 Å². The van der Waals surface area contributed by atoms with Crippen molar-refractivity contribution in [3.05, 3.63) is 47.4 Å². The number of carbonyl (C=O) groups is 1. The van der Waals surface area contributed by atoms with Gasteiger partial charge in [-0.2, -0.15) is 5.10 Å². The third kappa shape index (κ3) is 2.06. The van der Waals surface area contributed by atoms with Crippen molar-refractivity contribution in [2.45, 2.75) is 0 Å². The molecule has 0 spiro atoms. The van der Waals surface area contributed by atoms with E-state index in [4.69, 9.17) is 11.6 Å². The Labute approximate surface area is 120 Å². The quantitative estimate of drug-likeness (QED) is 0.788. The standard InChI is InChI=1S/C14H13ClN4O/c1-18-8-9(7-16-18)17-14(20)13-6-10-11(15)4-3-5-12(10)19(13)2/h3-8H,1-2H3,(H,17,20). The smallest absolute Gasteiger partial charge is 0.272 e. The maximum Gasteiger partial charge on any atom is 0.272 e. The van der Waals surface area contributed by atoms with Crippen LogP contribution in [0.5, 0.6) is 0 Å². The van der Waals surface area contributed by atoms with Crippen LogP contribution in [0.1, 0.15) is 10.5 Å². The second-order valence-corrected chi connectivity index (χ2v) is 5.03. The van der Waals surface area contributed by atoms with Crippen LogP contribution in [0.15, 0.2) is 36.7 Å². The maximum atomic E-state index is 12.3. The Morgan fingerprint density at radius 3 is 2.80 bits per heavy atom. The number of rotatable bonds is 2. The number of anilines is 1. The van der Waals surface area contributed by atoms with Crippen molar-refractivity contribution < 1.29 is 4.79 Å². The molecule has 20 heavy (non-hydrogen) atoms. The van der Waals surface area contributed by atoms with Crippen LogP contribution in [0.4, 0.5) is 5.69 Å². The van der Waals surface area contributed by atoms with Crippen molar-refractivity contribution in [3.63, 3.8) is 0 Å². The van der Waals surface area contributed by atoms with Crippen LogP contribution in [0, 0.1) is 0 Å². The average molecular weight is 289 g/mol. The number of benzene rings is 1. The normalized spacial score (nSPS) is 10.9. The van der Waals surface area contributed by atoms with Gasteiger partial charge in [0.2, 0.25) is 0 Å². The fourth-order valence-corrected chi connectivity index (χ4v) is 2.45. The van der Waals surface area contributed by atoms with Crippen LogP contribution in [0.3, 0.4) is 0 Å². The number of nitrogens with one attached hydrogen (secondary N) is 1. The van der Waals surface area contributed by atoms with Gasteiger partial charge >= 0.3 is 0 Å². The number of nitrogens with zero attached hydrogens (tertiary/aromatic N) is 3. The van der Waals surface area contributed by atoms with Gasteiger partial charge in [0.1, 0.15) is 5.69 Å². The summed E-state index contributed by atoms with van der Waals surface area (Å²) < 4.78 is 3.46. The lowest BCUT2D eigenvalue weighted by atomic mass is 10.2. The van der Waals surface area contributed by atoms with Crippen LogP contribution in [0.2, 0.25) is 5.02 Å². The minimum Gasteiger partial charge on any atom is -0.340 e. The summed E-state index contributed by atoms with van der Waals surface area (Å²) in [5, 5.41) is 8.34. The van der Waals surface area contributed by atoms with Gasteiger partial charge in [-0.25, -0.2) is 0 Å². The number of aryl methyl sites for hydroxylation is 2. The fraction of sp³-hybridized carbons (Fsp3) is 0.143. The van der Waals surface area contributed by atoms with E-state index >= 15 is 0 Å². The molecule has 0 saturated heterocycles. The van der Waals surface area contributed by atoms with E-state index in [1.54, 1.807) is 30.2 Å². The lowest BCUT2D eigenvalue weighted by Crippen LogP contribution is -2.15. The minimum atomic E-state index is -0.187. The van der Waals surface area contributed by atoms with E-state index in [9.17, 15) is 4.79 Å². The molecule has 2 aromatic heterocycles. The number of hydrogen-bond acceptors (Lipinski definition) is 2. The molecule has 0 bridgehead atoms. The summed E-state index contributed by atoms with van der Waals surface area (Å²) in [6.45, 7) is 0. The number of amides is 1. The number of carbonyl (C=O) groups excluding carboxylic acids is 1. The zero-order valence-electron chi connectivity index (χ0n) is 11.1. The first kappa shape index (κ1) is 12.7. The average Bonchev–Trinajstić information content (AvgIpc) is 2.95. The van der Waals surface area contributed by atoms with Gasteiger partial charge in [-0.1, -0.05) is 17.7 Å². The van der Waals surface area contributed by atoms with E-state index < -0.39 is 0 Å². The Balaban J connectivity index is 1.99. The van der Waals surface area contributed by atoms with Gasteiger partial charge in [0.05, 0.1) is 11.9 Å². The van der Waals surface area contributed by atoms with Gasteiger partial charge in [-0.05, 0) is 18.2 Å². The molecule has 1 N–H and O–H groups in total. The van der Waals surface area contributed by atoms with Crippen molar-refractivity contribution in [2.24, 2.45) is 14.1 Å². The SMILES string of the molecule is Cn1cc(NC(=O)c2cc3c(Cl)cccc3n2C)cn1. The number of aromatic nitrogens is 3. The number of hydrogen-bond donors (Lipinski definition) is 1. The zero-order valence-corrected chi connectivity index (χ0v) is 11.8. The summed E-state index contributed by atoms with van der Waals surface area (Å²) in [7, 11) is 3.64. The highest BCUT2D eigenvalue weighted by Gasteiger charge is 2.15. The van der Waals surface area contributed by atoms with E-state index in [1.165, 1.54) is 0 Å². The largest absolute Gasteiger partial charge is 0.340 e. The molecule has 0 unspecified atom stereocenters. The molecule has 3 rings (SSSR count). The van der Waals surface area contributed by atoms with Crippen LogP contribution >= 0.6 is 11.6 Å². The molecule has 0 radical (unpaired) electrons. The summed E-state index contributed by atoms with van der Waals surface area (Å²) in [5.41, 5.74) is 2.14. The lowest BCUT2D eigenvalue weighted by molar-refractivity contribution is 0.102. The first-order chi connectivity index (χ1) is 9.56. The van der Waals surface area contributed by atoms with E-state index in [1.807, 2.05) is 29.8 Å². The third-order valence-electron chi connectivity index (χ3n) is 3.23. The van der Waals surface area contributed by atoms with Crippen molar-refractivity contribution >= 4 is 34.1 Å². The summed E-state index contributed by atoms with van der Waals surface area (Å²) in [5.74, 6) is -0.187. The van der Waals surface area contributed by atoms with E-state index in [0.29, 0.717) is 16.4 Å². The summed E-state index contributed by atoms with van der Waals surface area (Å²) >= 11 is 6.15. The predicted octanol–water partition coefficient (Wildman–Crippen LogP) is 2.82. The first-order valence-corrected chi connectivity index (χ1v) is 6.48. The van der Waals surface area contributed by atoms with Gasteiger partial charge in [0.15, 0.2) is 0 Å². The van der Waals surface area contributed by atoms with Gasteiger partial charge < -0.3 is 9.88 Å². The lowest BCUT2D eigenvalue weighted by Gasteiger charge is -2.04. The van der Waals surface area contributed by atoms with Crippen molar-refractivity contribution in [1.82, 2.24) is 14.3 Å². The molecular weight excluding hydrogens is 276 g/mol. The summed E-state index contributed by atoms with van der Waals surface area (Å²) in [6, 6.07) is 7.41. The molecule has 0 fully saturated rings. The predicted molar refractivity (Wildman–Crippen MR) is 79.1 cm³/mol. The van der Waals surface area contributed by atoms with E-state index in [2.05, 4.69) is 10.4 Å². The fourth-order valence-electron chi connectivity index (χ4n) is 2.22. The van der Waals surface area contributed by atoms with Gasteiger partial charge in [0.25, 0.3) is 5.91 Å². The minimum absolute atomic E-state index is 0.187. The molecule has 5 nitrogen and oxygen atoms in total. The zero-order chi connectivity index (χ0) is 14.3. The topological polar surface area (TPSA) is 51.9 Å². The molecule has 0 saturated carbocycles. The Morgan fingerprint density at radius 2 is 2.15 bits per heavy atom. The highest BCUT2D eigenvalue weighted by atomic mass is 35.5. The molecule has 1 amide bonds. The molecule has 3 aromatic rings. The highest BCUT2D eigenvalue weighted by molar-refractivity contribution is 6.35. The van der Waals surface area contributed by atoms with Gasteiger partial charge in [-0.3, -0.25) is 9.48 Å². The third-order valence-corrected chi connectivity index (χ3v) is 3.56. The molecule has 0 atom stereocenters. The summed E-state index contributed by atoms with van der Waals surface area (Å²) in [4.78, 5) is 12.3. The van der Waals surface area contributed by atoms with E-state index in [0.717, 1.165) is 10.9 Å². The molecule has 6 heteroatoms. The molecule has 1 aromatic carbocycles.